The fourth-order valence-corrected chi connectivity index (χ4v) is 2.21. The normalized spacial score (nSPS) is 10.1. The Morgan fingerprint density at radius 1 is 1.00 bits per heavy atom. The summed E-state index contributed by atoms with van der Waals surface area (Å²) in [7, 11) is 0. The first-order chi connectivity index (χ1) is 11.6. The lowest BCUT2D eigenvalue weighted by Crippen LogP contribution is -2.33. The largest absolute Gasteiger partial charge is 0.395 e. The molecule has 0 aliphatic heterocycles. The Labute approximate surface area is 139 Å². The number of nitrogens with one attached hydrogen (secondary N) is 2. The summed E-state index contributed by atoms with van der Waals surface area (Å²) in [6.45, 7) is 0.427. The van der Waals surface area contributed by atoms with E-state index in [0.29, 0.717) is 17.8 Å². The van der Waals surface area contributed by atoms with Crippen molar-refractivity contribution in [2.75, 3.05) is 18.5 Å². The van der Waals surface area contributed by atoms with E-state index in [1.54, 1.807) is 53.4 Å². The lowest BCUT2D eigenvalue weighted by Gasteiger charge is -2.22. The molecular formula is C17H19N3O4. The zero-order valence-electron chi connectivity index (χ0n) is 13.0. The van der Waals surface area contributed by atoms with E-state index < -0.39 is 6.03 Å². The van der Waals surface area contributed by atoms with Crippen LogP contribution in [0.25, 0.3) is 0 Å². The summed E-state index contributed by atoms with van der Waals surface area (Å²) in [6.07, 6.45) is 0. The zero-order valence-corrected chi connectivity index (χ0v) is 13.0. The van der Waals surface area contributed by atoms with Crippen LogP contribution in [0, 0.1) is 0 Å². The highest BCUT2D eigenvalue weighted by molar-refractivity contribution is 5.94. The van der Waals surface area contributed by atoms with Gasteiger partial charge in [-0.3, -0.25) is 10.0 Å². The van der Waals surface area contributed by atoms with Crippen molar-refractivity contribution in [1.29, 1.82) is 0 Å². The molecular weight excluding hydrogens is 310 g/mol. The SMILES string of the molecule is O=C(NO)Nc1ccc(CN(CCO)C(=O)c2ccccc2)cc1. The van der Waals surface area contributed by atoms with Crippen molar-refractivity contribution in [3.63, 3.8) is 0 Å². The van der Waals surface area contributed by atoms with Crippen molar-refractivity contribution in [3.05, 3.63) is 65.7 Å². The van der Waals surface area contributed by atoms with Crippen LogP contribution in [0.3, 0.4) is 0 Å². The van der Waals surface area contributed by atoms with E-state index in [2.05, 4.69) is 5.32 Å². The Kier molecular flexibility index (Phi) is 6.30. The lowest BCUT2D eigenvalue weighted by atomic mass is 10.1. The van der Waals surface area contributed by atoms with Gasteiger partial charge >= 0.3 is 6.03 Å². The molecule has 3 amide bonds. The molecule has 24 heavy (non-hydrogen) atoms. The molecule has 2 rings (SSSR count). The van der Waals surface area contributed by atoms with Crippen LogP contribution in [0.15, 0.2) is 54.6 Å². The molecule has 0 unspecified atom stereocenters. The first-order valence-corrected chi connectivity index (χ1v) is 7.39. The monoisotopic (exact) mass is 329 g/mol. The van der Waals surface area contributed by atoms with Crippen molar-refractivity contribution >= 4 is 17.6 Å². The van der Waals surface area contributed by atoms with Crippen LogP contribution in [0.2, 0.25) is 0 Å². The Bertz CT molecular complexity index is 674. The molecule has 0 aliphatic carbocycles. The number of carbonyl (C=O) groups is 2. The number of rotatable bonds is 6. The Morgan fingerprint density at radius 3 is 2.25 bits per heavy atom. The predicted octanol–water partition coefficient (Wildman–Crippen LogP) is 1.83. The van der Waals surface area contributed by atoms with E-state index in [-0.39, 0.29) is 19.1 Å². The molecule has 0 aromatic heterocycles. The zero-order chi connectivity index (χ0) is 17.4. The third kappa shape index (κ3) is 4.80. The van der Waals surface area contributed by atoms with Crippen LogP contribution < -0.4 is 10.8 Å². The van der Waals surface area contributed by atoms with Gasteiger partial charge in [-0.1, -0.05) is 30.3 Å². The molecule has 0 fully saturated rings. The van der Waals surface area contributed by atoms with Gasteiger partial charge in [0.15, 0.2) is 0 Å². The predicted molar refractivity (Wildman–Crippen MR) is 88.7 cm³/mol. The number of urea groups is 1. The standard InChI is InChI=1S/C17H19N3O4/c21-11-10-20(16(22)14-4-2-1-3-5-14)12-13-6-8-15(9-7-13)18-17(23)19-24/h1-9,21,24H,10-12H2,(H2,18,19,23). The smallest absolute Gasteiger partial charge is 0.342 e. The highest BCUT2D eigenvalue weighted by Crippen LogP contribution is 2.13. The Balaban J connectivity index is 2.07. The fourth-order valence-electron chi connectivity index (χ4n) is 2.21. The number of anilines is 1. The van der Waals surface area contributed by atoms with Gasteiger partial charge in [-0.05, 0) is 29.8 Å². The second-order valence-corrected chi connectivity index (χ2v) is 5.08. The van der Waals surface area contributed by atoms with Crippen LogP contribution in [0.1, 0.15) is 15.9 Å². The number of nitrogens with zero attached hydrogens (tertiary/aromatic N) is 1. The molecule has 2 aromatic carbocycles. The molecule has 2 aromatic rings. The highest BCUT2D eigenvalue weighted by atomic mass is 16.5. The Morgan fingerprint density at radius 2 is 1.67 bits per heavy atom. The van der Waals surface area contributed by atoms with Crippen LogP contribution in [0.5, 0.6) is 0 Å². The van der Waals surface area contributed by atoms with E-state index in [1.807, 2.05) is 6.07 Å². The van der Waals surface area contributed by atoms with E-state index in [4.69, 9.17) is 5.21 Å². The summed E-state index contributed by atoms with van der Waals surface area (Å²) in [5, 5.41) is 20.1. The summed E-state index contributed by atoms with van der Waals surface area (Å²) < 4.78 is 0. The summed E-state index contributed by atoms with van der Waals surface area (Å²) in [6, 6.07) is 15.0. The maximum absolute atomic E-state index is 12.5. The molecule has 126 valence electrons. The van der Waals surface area contributed by atoms with Crippen molar-refractivity contribution in [3.8, 4) is 0 Å². The quantitative estimate of drug-likeness (QED) is 0.480. The van der Waals surface area contributed by atoms with Gasteiger partial charge in [0.1, 0.15) is 0 Å². The van der Waals surface area contributed by atoms with Crippen LogP contribution in [0.4, 0.5) is 10.5 Å². The van der Waals surface area contributed by atoms with Gasteiger partial charge in [-0.25, -0.2) is 10.3 Å². The van der Waals surface area contributed by atoms with Crippen LogP contribution in [-0.4, -0.2) is 40.3 Å². The molecule has 0 saturated carbocycles. The summed E-state index contributed by atoms with van der Waals surface area (Å²) in [4.78, 5) is 25.1. The third-order valence-electron chi connectivity index (χ3n) is 3.36. The first-order valence-electron chi connectivity index (χ1n) is 7.39. The molecule has 0 atom stereocenters. The van der Waals surface area contributed by atoms with E-state index in [9.17, 15) is 14.7 Å². The highest BCUT2D eigenvalue weighted by Gasteiger charge is 2.15. The average molecular weight is 329 g/mol. The number of aliphatic hydroxyl groups is 1. The van der Waals surface area contributed by atoms with Gasteiger partial charge in [0.25, 0.3) is 5.91 Å². The number of carbonyl (C=O) groups excluding carboxylic acids is 2. The molecule has 7 heteroatoms. The van der Waals surface area contributed by atoms with E-state index >= 15 is 0 Å². The molecule has 0 aliphatic rings. The van der Waals surface area contributed by atoms with Crippen molar-refractivity contribution in [2.24, 2.45) is 0 Å². The van der Waals surface area contributed by atoms with Crippen molar-refractivity contribution in [1.82, 2.24) is 10.4 Å². The maximum Gasteiger partial charge on any atom is 0.342 e. The minimum absolute atomic E-state index is 0.130. The molecule has 0 bridgehead atoms. The van der Waals surface area contributed by atoms with Crippen LogP contribution in [-0.2, 0) is 6.54 Å². The van der Waals surface area contributed by atoms with E-state index in [1.165, 1.54) is 5.48 Å². The molecule has 0 saturated heterocycles. The van der Waals surface area contributed by atoms with Gasteiger partial charge < -0.3 is 15.3 Å². The number of benzene rings is 2. The molecule has 0 spiro atoms. The number of hydrogen-bond donors (Lipinski definition) is 4. The van der Waals surface area contributed by atoms with Crippen molar-refractivity contribution < 1.29 is 19.9 Å². The summed E-state index contributed by atoms with van der Waals surface area (Å²) >= 11 is 0. The summed E-state index contributed by atoms with van der Waals surface area (Å²) in [5.74, 6) is -0.161. The van der Waals surface area contributed by atoms with Crippen molar-refractivity contribution in [2.45, 2.75) is 6.54 Å². The van der Waals surface area contributed by atoms with Crippen LogP contribution >= 0.6 is 0 Å². The lowest BCUT2D eigenvalue weighted by molar-refractivity contribution is 0.0708. The molecule has 4 N–H and O–H groups in total. The number of amides is 3. The number of hydroxylamine groups is 1. The van der Waals surface area contributed by atoms with E-state index in [0.717, 1.165) is 5.56 Å². The second-order valence-electron chi connectivity index (χ2n) is 5.08. The van der Waals surface area contributed by atoms with Gasteiger partial charge in [0.05, 0.1) is 6.61 Å². The topological polar surface area (TPSA) is 102 Å². The second kappa shape index (κ2) is 8.66. The van der Waals surface area contributed by atoms with Gasteiger partial charge in [-0.15, -0.1) is 0 Å². The third-order valence-corrected chi connectivity index (χ3v) is 3.36. The fraction of sp³-hybridized carbons (Fsp3) is 0.176. The average Bonchev–Trinajstić information content (AvgIpc) is 2.63. The number of hydrogen-bond acceptors (Lipinski definition) is 4. The summed E-state index contributed by atoms with van der Waals surface area (Å²) in [5.41, 5.74) is 3.40. The molecule has 0 heterocycles. The molecule has 0 radical (unpaired) electrons. The first kappa shape index (κ1) is 17.5. The maximum atomic E-state index is 12.5. The van der Waals surface area contributed by atoms with Gasteiger partial charge in [-0.2, -0.15) is 0 Å². The molecule has 7 nitrogen and oxygen atoms in total. The number of aliphatic hydroxyl groups excluding tert-OH is 1. The van der Waals surface area contributed by atoms with Gasteiger partial charge in [0, 0.05) is 24.3 Å². The van der Waals surface area contributed by atoms with Gasteiger partial charge in [0.2, 0.25) is 0 Å². The Hall–Kier alpha value is -2.90. The minimum Gasteiger partial charge on any atom is -0.395 e. The minimum atomic E-state index is -0.732.